The highest BCUT2D eigenvalue weighted by Crippen LogP contribution is 2.51. The van der Waals surface area contributed by atoms with E-state index in [0.717, 1.165) is 53.4 Å². The van der Waals surface area contributed by atoms with Gasteiger partial charge in [-0.2, -0.15) is 0 Å². The van der Waals surface area contributed by atoms with Gasteiger partial charge in [0.25, 0.3) is 0 Å². The van der Waals surface area contributed by atoms with Crippen LogP contribution in [0.2, 0.25) is 0 Å². The van der Waals surface area contributed by atoms with Crippen molar-refractivity contribution in [2.75, 3.05) is 27.0 Å². The zero-order chi connectivity index (χ0) is 17.9. The molecular formula is C21H25NO4. The van der Waals surface area contributed by atoms with Gasteiger partial charge >= 0.3 is 0 Å². The molecule has 0 fully saturated rings. The highest BCUT2D eigenvalue weighted by atomic mass is 16.7. The molecule has 0 saturated heterocycles. The van der Waals surface area contributed by atoms with Crippen LogP contribution in [0.15, 0.2) is 36.4 Å². The van der Waals surface area contributed by atoms with Crippen molar-refractivity contribution in [3.63, 3.8) is 0 Å². The summed E-state index contributed by atoms with van der Waals surface area (Å²) in [6.07, 6.45) is 2.18. The van der Waals surface area contributed by atoms with E-state index in [1.807, 2.05) is 18.2 Å². The van der Waals surface area contributed by atoms with E-state index in [2.05, 4.69) is 30.4 Å². The van der Waals surface area contributed by atoms with Crippen LogP contribution in [-0.2, 0) is 4.74 Å². The van der Waals surface area contributed by atoms with Crippen LogP contribution in [0.4, 0.5) is 0 Å². The molecule has 2 unspecified atom stereocenters. The number of fused-ring (bicyclic) bond motifs is 3. The molecular weight excluding hydrogens is 330 g/mol. The van der Waals surface area contributed by atoms with Gasteiger partial charge in [-0.25, -0.2) is 0 Å². The van der Waals surface area contributed by atoms with Gasteiger partial charge < -0.3 is 24.3 Å². The lowest BCUT2D eigenvalue weighted by atomic mass is 9.96. The summed E-state index contributed by atoms with van der Waals surface area (Å²) in [5, 5.41) is 3.51. The third kappa shape index (κ3) is 3.13. The Morgan fingerprint density at radius 2 is 1.96 bits per heavy atom. The molecule has 0 saturated carbocycles. The Kier molecular flexibility index (Phi) is 5.00. The van der Waals surface area contributed by atoms with Crippen molar-refractivity contribution >= 4 is 0 Å². The molecule has 2 atom stereocenters. The monoisotopic (exact) mass is 355 g/mol. The van der Waals surface area contributed by atoms with Gasteiger partial charge in [0.05, 0.1) is 7.11 Å². The van der Waals surface area contributed by atoms with Gasteiger partial charge in [-0.3, -0.25) is 0 Å². The minimum Gasteiger partial charge on any atom is -0.497 e. The molecule has 0 spiro atoms. The van der Waals surface area contributed by atoms with Crippen molar-refractivity contribution in [2.45, 2.75) is 32.0 Å². The molecule has 2 heterocycles. The molecule has 26 heavy (non-hydrogen) atoms. The Bertz CT molecular complexity index is 759. The molecule has 0 aromatic heterocycles. The molecule has 138 valence electrons. The van der Waals surface area contributed by atoms with E-state index in [-0.39, 0.29) is 19.0 Å². The molecule has 0 radical (unpaired) electrons. The standard InChI is InChI=1S/C21H25NO4/c1-3-4-11-22-12-18-19-16(9-10-17-21(19)25-13-24-17)20(26-18)14-5-7-15(23-2)8-6-14/h5-10,18,20,22H,3-4,11-13H2,1-2H3. The quantitative estimate of drug-likeness (QED) is 0.762. The predicted molar refractivity (Wildman–Crippen MR) is 99.0 cm³/mol. The number of hydrogen-bond donors (Lipinski definition) is 1. The van der Waals surface area contributed by atoms with E-state index < -0.39 is 0 Å². The molecule has 0 amide bonds. The first-order valence-electron chi connectivity index (χ1n) is 9.24. The highest BCUT2D eigenvalue weighted by Gasteiger charge is 2.38. The smallest absolute Gasteiger partial charge is 0.231 e. The Hall–Kier alpha value is -2.24. The minimum atomic E-state index is -0.108. The van der Waals surface area contributed by atoms with Gasteiger partial charge in [-0.1, -0.05) is 31.5 Å². The maximum atomic E-state index is 6.46. The lowest BCUT2D eigenvalue weighted by molar-refractivity contribution is 0.0330. The van der Waals surface area contributed by atoms with Crippen LogP contribution in [0, 0.1) is 0 Å². The first-order chi connectivity index (χ1) is 12.8. The Morgan fingerprint density at radius 1 is 1.12 bits per heavy atom. The summed E-state index contributed by atoms with van der Waals surface area (Å²) < 4.78 is 23.1. The summed E-state index contributed by atoms with van der Waals surface area (Å²) in [6, 6.07) is 12.1. The lowest BCUT2D eigenvalue weighted by Crippen LogP contribution is -2.22. The van der Waals surface area contributed by atoms with Crippen molar-refractivity contribution in [2.24, 2.45) is 0 Å². The van der Waals surface area contributed by atoms with Crippen LogP contribution in [0.25, 0.3) is 0 Å². The molecule has 4 rings (SSSR count). The number of methoxy groups -OCH3 is 1. The van der Waals surface area contributed by atoms with Crippen molar-refractivity contribution in [3.8, 4) is 17.2 Å². The maximum Gasteiger partial charge on any atom is 0.231 e. The Labute approximate surface area is 154 Å². The molecule has 0 bridgehead atoms. The van der Waals surface area contributed by atoms with E-state index in [1.54, 1.807) is 7.11 Å². The third-order valence-corrected chi connectivity index (χ3v) is 4.97. The van der Waals surface area contributed by atoms with Crippen LogP contribution >= 0.6 is 0 Å². The number of hydrogen-bond acceptors (Lipinski definition) is 5. The summed E-state index contributed by atoms with van der Waals surface area (Å²) in [5.41, 5.74) is 3.38. The lowest BCUT2D eigenvalue weighted by Gasteiger charge is -2.16. The normalized spacial score (nSPS) is 20.2. The third-order valence-electron chi connectivity index (χ3n) is 4.97. The van der Waals surface area contributed by atoms with Crippen molar-refractivity contribution in [1.29, 1.82) is 0 Å². The van der Waals surface area contributed by atoms with Gasteiger partial charge in [0.15, 0.2) is 11.5 Å². The summed E-state index contributed by atoms with van der Waals surface area (Å²) >= 11 is 0. The number of unbranched alkanes of at least 4 members (excludes halogenated alkanes) is 1. The van der Waals surface area contributed by atoms with Crippen molar-refractivity contribution in [3.05, 3.63) is 53.1 Å². The summed E-state index contributed by atoms with van der Waals surface area (Å²) in [6.45, 7) is 4.22. The van der Waals surface area contributed by atoms with E-state index in [9.17, 15) is 0 Å². The second-order valence-electron chi connectivity index (χ2n) is 6.64. The second kappa shape index (κ2) is 7.56. The van der Waals surface area contributed by atoms with Gasteiger partial charge in [-0.15, -0.1) is 0 Å². The maximum absolute atomic E-state index is 6.46. The number of benzene rings is 2. The fourth-order valence-corrected chi connectivity index (χ4v) is 3.60. The average Bonchev–Trinajstić information content (AvgIpc) is 3.29. The van der Waals surface area contributed by atoms with Crippen LogP contribution in [-0.4, -0.2) is 27.0 Å². The second-order valence-corrected chi connectivity index (χ2v) is 6.64. The molecule has 2 aliphatic rings. The zero-order valence-electron chi connectivity index (χ0n) is 15.3. The minimum absolute atomic E-state index is 0.0504. The molecule has 1 N–H and O–H groups in total. The molecule has 2 aromatic rings. The number of ether oxygens (including phenoxy) is 4. The molecule has 2 aliphatic heterocycles. The average molecular weight is 355 g/mol. The Morgan fingerprint density at radius 3 is 2.73 bits per heavy atom. The molecule has 5 heteroatoms. The topological polar surface area (TPSA) is 49.0 Å². The van der Waals surface area contributed by atoms with E-state index in [0.29, 0.717) is 0 Å². The van der Waals surface area contributed by atoms with Crippen LogP contribution in [0.1, 0.15) is 48.7 Å². The number of rotatable bonds is 7. The van der Waals surface area contributed by atoms with Gasteiger partial charge in [0.1, 0.15) is 18.0 Å². The molecule has 5 nitrogen and oxygen atoms in total. The van der Waals surface area contributed by atoms with Crippen LogP contribution in [0.3, 0.4) is 0 Å². The van der Waals surface area contributed by atoms with Crippen LogP contribution < -0.4 is 19.5 Å². The molecule has 0 aliphatic carbocycles. The van der Waals surface area contributed by atoms with Crippen molar-refractivity contribution < 1.29 is 18.9 Å². The van der Waals surface area contributed by atoms with Gasteiger partial charge in [0, 0.05) is 12.1 Å². The first-order valence-corrected chi connectivity index (χ1v) is 9.24. The number of nitrogens with one attached hydrogen (secondary N) is 1. The fourth-order valence-electron chi connectivity index (χ4n) is 3.60. The summed E-state index contributed by atoms with van der Waals surface area (Å²) in [5.74, 6) is 2.48. The summed E-state index contributed by atoms with van der Waals surface area (Å²) in [7, 11) is 1.68. The predicted octanol–water partition coefficient (Wildman–Crippen LogP) is 3.97. The van der Waals surface area contributed by atoms with Gasteiger partial charge in [0.2, 0.25) is 6.79 Å². The SMILES string of the molecule is CCCCNCC1OC(c2ccc(OC)cc2)c2ccc3c(c21)OCO3. The van der Waals surface area contributed by atoms with Crippen molar-refractivity contribution in [1.82, 2.24) is 5.32 Å². The first kappa shape index (κ1) is 17.2. The highest BCUT2D eigenvalue weighted by molar-refractivity contribution is 5.57. The zero-order valence-corrected chi connectivity index (χ0v) is 15.3. The summed E-state index contributed by atoms with van der Waals surface area (Å²) in [4.78, 5) is 0. The van der Waals surface area contributed by atoms with E-state index in [4.69, 9.17) is 18.9 Å². The Balaban J connectivity index is 1.64. The van der Waals surface area contributed by atoms with Gasteiger partial charge in [-0.05, 0) is 42.3 Å². The van der Waals surface area contributed by atoms with E-state index >= 15 is 0 Å². The fraction of sp³-hybridized carbons (Fsp3) is 0.429. The van der Waals surface area contributed by atoms with E-state index in [1.165, 1.54) is 6.42 Å². The van der Waals surface area contributed by atoms with Crippen LogP contribution in [0.5, 0.6) is 17.2 Å². The molecule has 2 aromatic carbocycles. The largest absolute Gasteiger partial charge is 0.497 e.